The molecule has 4 rings (SSSR count). The molecule has 1 saturated carbocycles. The number of aromatic nitrogens is 4. The van der Waals surface area contributed by atoms with Crippen LogP contribution in [0.25, 0.3) is 5.69 Å². The van der Waals surface area contributed by atoms with Gasteiger partial charge in [-0.1, -0.05) is 24.8 Å². The molecule has 1 aliphatic heterocycles. The first kappa shape index (κ1) is 20.3. The number of carbonyl (C=O) groups is 3. The zero-order valence-electron chi connectivity index (χ0n) is 16.8. The van der Waals surface area contributed by atoms with Crippen molar-refractivity contribution in [3.05, 3.63) is 24.3 Å². The van der Waals surface area contributed by atoms with Gasteiger partial charge in [-0.15, -0.1) is 5.10 Å². The Hall–Kier alpha value is -2.95. The normalized spacial score (nSPS) is 23.7. The second-order valence-electron chi connectivity index (χ2n) is 7.76. The van der Waals surface area contributed by atoms with Gasteiger partial charge in [0.2, 0.25) is 11.1 Å². The van der Waals surface area contributed by atoms with Crippen LogP contribution < -0.4 is 10.6 Å². The number of rotatable bonds is 5. The summed E-state index contributed by atoms with van der Waals surface area (Å²) in [5.74, 6) is -0.211. The van der Waals surface area contributed by atoms with Crippen LogP contribution in [0, 0.1) is 5.92 Å². The number of anilines is 1. The van der Waals surface area contributed by atoms with E-state index in [4.69, 9.17) is 0 Å². The number of benzene rings is 1. The molecule has 0 unspecified atom stereocenters. The molecule has 1 aliphatic carbocycles. The van der Waals surface area contributed by atoms with Crippen molar-refractivity contribution in [2.24, 2.45) is 5.92 Å². The molecule has 2 heterocycles. The lowest BCUT2D eigenvalue weighted by Gasteiger charge is -2.33. The van der Waals surface area contributed by atoms with Gasteiger partial charge in [0.05, 0.1) is 5.69 Å². The smallest absolute Gasteiger partial charge is 0.324 e. The van der Waals surface area contributed by atoms with Crippen molar-refractivity contribution >= 4 is 35.3 Å². The standard InChI is InChI=1S/C19H23N7O3S/c1-12-6-8-19(9-7-12)16(28)25(17(29)21-19)11-15(27)20-13-4-3-5-14(10-13)26-18(30-2)22-23-24-26/h3-5,10,12H,6-9,11H2,1-2H3,(H,20,27)(H,21,29). The number of hydrogen-bond acceptors (Lipinski definition) is 7. The molecule has 2 N–H and O–H groups in total. The maximum absolute atomic E-state index is 12.9. The minimum absolute atomic E-state index is 0.304. The van der Waals surface area contributed by atoms with E-state index < -0.39 is 17.5 Å². The minimum Gasteiger partial charge on any atom is -0.324 e. The highest BCUT2D eigenvalue weighted by molar-refractivity contribution is 7.98. The Morgan fingerprint density at radius 3 is 2.83 bits per heavy atom. The number of urea groups is 1. The van der Waals surface area contributed by atoms with Gasteiger partial charge in [-0.3, -0.25) is 14.5 Å². The second kappa shape index (κ2) is 8.05. The minimum atomic E-state index is -0.849. The van der Waals surface area contributed by atoms with E-state index in [1.54, 1.807) is 22.9 Å². The maximum atomic E-state index is 12.9. The lowest BCUT2D eigenvalue weighted by molar-refractivity contribution is -0.135. The Morgan fingerprint density at radius 1 is 1.33 bits per heavy atom. The Bertz CT molecular complexity index is 984. The summed E-state index contributed by atoms with van der Waals surface area (Å²) in [5.41, 5.74) is 0.360. The van der Waals surface area contributed by atoms with E-state index in [-0.39, 0.29) is 12.5 Å². The molecule has 158 valence electrons. The third-order valence-corrected chi connectivity index (χ3v) is 6.29. The number of hydrogen-bond donors (Lipinski definition) is 2. The molecule has 2 aromatic rings. The lowest BCUT2D eigenvalue weighted by Crippen LogP contribution is -2.49. The van der Waals surface area contributed by atoms with Crippen molar-refractivity contribution in [1.82, 2.24) is 30.4 Å². The summed E-state index contributed by atoms with van der Waals surface area (Å²) in [6.45, 7) is 1.82. The number of tetrazole rings is 1. The lowest BCUT2D eigenvalue weighted by atomic mass is 9.77. The SMILES string of the molecule is CSc1nnnn1-c1cccc(NC(=O)CN2C(=O)NC3(CCC(C)CC3)C2=O)c1. The molecule has 1 spiro atoms. The molecule has 0 bridgehead atoms. The highest BCUT2D eigenvalue weighted by Gasteiger charge is 2.52. The fraction of sp³-hybridized carbons (Fsp3) is 0.474. The van der Waals surface area contributed by atoms with Crippen LogP contribution in [0.15, 0.2) is 29.4 Å². The van der Waals surface area contributed by atoms with Crippen LogP contribution in [0.1, 0.15) is 32.6 Å². The van der Waals surface area contributed by atoms with Gasteiger partial charge in [0.25, 0.3) is 5.91 Å². The van der Waals surface area contributed by atoms with E-state index >= 15 is 0 Å². The molecular formula is C19H23N7O3S. The van der Waals surface area contributed by atoms with Crippen LogP contribution in [0.3, 0.4) is 0 Å². The van der Waals surface area contributed by atoms with E-state index in [1.165, 1.54) is 11.8 Å². The maximum Gasteiger partial charge on any atom is 0.325 e. The number of carbonyl (C=O) groups excluding carboxylic acids is 3. The summed E-state index contributed by atoms with van der Waals surface area (Å²) in [7, 11) is 0. The fourth-order valence-electron chi connectivity index (χ4n) is 3.94. The third-order valence-electron chi connectivity index (χ3n) is 5.67. The topological polar surface area (TPSA) is 122 Å². The highest BCUT2D eigenvalue weighted by Crippen LogP contribution is 2.36. The molecule has 2 aliphatic rings. The van der Waals surface area contributed by atoms with E-state index in [9.17, 15) is 14.4 Å². The van der Waals surface area contributed by atoms with Crippen molar-refractivity contribution in [2.75, 3.05) is 18.1 Å². The molecule has 30 heavy (non-hydrogen) atoms. The Balaban J connectivity index is 1.43. The van der Waals surface area contributed by atoms with Gasteiger partial charge < -0.3 is 10.6 Å². The molecule has 1 saturated heterocycles. The number of nitrogens with one attached hydrogen (secondary N) is 2. The molecule has 2 fully saturated rings. The van der Waals surface area contributed by atoms with Gasteiger partial charge in [-0.2, -0.15) is 4.68 Å². The van der Waals surface area contributed by atoms with Crippen molar-refractivity contribution < 1.29 is 14.4 Å². The number of nitrogens with zero attached hydrogens (tertiary/aromatic N) is 5. The number of amides is 4. The Kier molecular flexibility index (Phi) is 5.46. The van der Waals surface area contributed by atoms with Gasteiger partial charge in [0, 0.05) is 5.69 Å². The first-order valence-electron chi connectivity index (χ1n) is 9.78. The molecule has 0 atom stereocenters. The summed E-state index contributed by atoms with van der Waals surface area (Å²) in [6, 6.07) is 6.53. The van der Waals surface area contributed by atoms with Crippen molar-refractivity contribution in [2.45, 2.75) is 43.3 Å². The van der Waals surface area contributed by atoms with Gasteiger partial charge in [0.15, 0.2) is 0 Å². The van der Waals surface area contributed by atoms with Crippen LogP contribution in [0.4, 0.5) is 10.5 Å². The van der Waals surface area contributed by atoms with E-state index in [2.05, 4.69) is 33.1 Å². The average molecular weight is 430 g/mol. The predicted molar refractivity (Wildman–Crippen MR) is 110 cm³/mol. The zero-order chi connectivity index (χ0) is 21.3. The van der Waals surface area contributed by atoms with Crippen LogP contribution in [-0.4, -0.2) is 61.3 Å². The number of thioether (sulfide) groups is 1. The Labute approximate surface area is 177 Å². The first-order chi connectivity index (χ1) is 14.4. The van der Waals surface area contributed by atoms with Crippen LogP contribution >= 0.6 is 11.8 Å². The predicted octanol–water partition coefficient (Wildman–Crippen LogP) is 1.82. The van der Waals surface area contributed by atoms with Crippen LogP contribution in [0.2, 0.25) is 0 Å². The average Bonchev–Trinajstić information content (AvgIpc) is 3.30. The van der Waals surface area contributed by atoms with E-state index in [0.717, 1.165) is 17.7 Å². The molecule has 11 heteroatoms. The molecular weight excluding hydrogens is 406 g/mol. The summed E-state index contributed by atoms with van der Waals surface area (Å²) in [4.78, 5) is 38.9. The van der Waals surface area contributed by atoms with Crippen molar-refractivity contribution in [3.8, 4) is 5.69 Å². The van der Waals surface area contributed by atoms with Gasteiger partial charge in [0.1, 0.15) is 12.1 Å². The third kappa shape index (κ3) is 3.76. The molecule has 1 aromatic heterocycles. The van der Waals surface area contributed by atoms with Crippen LogP contribution in [0.5, 0.6) is 0 Å². The second-order valence-corrected chi connectivity index (χ2v) is 8.54. The summed E-state index contributed by atoms with van der Waals surface area (Å²) in [5, 5.41) is 17.7. The molecule has 0 radical (unpaired) electrons. The first-order valence-corrected chi connectivity index (χ1v) is 11.0. The number of imide groups is 1. The van der Waals surface area contributed by atoms with E-state index in [1.807, 2.05) is 12.3 Å². The summed E-state index contributed by atoms with van der Waals surface area (Å²) in [6.07, 6.45) is 4.86. The van der Waals surface area contributed by atoms with Gasteiger partial charge in [-0.25, -0.2) is 4.79 Å². The monoisotopic (exact) mass is 429 g/mol. The van der Waals surface area contributed by atoms with Crippen molar-refractivity contribution in [3.63, 3.8) is 0 Å². The molecule has 4 amide bonds. The Morgan fingerprint density at radius 2 is 2.10 bits per heavy atom. The summed E-state index contributed by atoms with van der Waals surface area (Å²) >= 11 is 1.40. The summed E-state index contributed by atoms with van der Waals surface area (Å²) < 4.78 is 1.56. The van der Waals surface area contributed by atoms with Crippen molar-refractivity contribution in [1.29, 1.82) is 0 Å². The highest BCUT2D eigenvalue weighted by atomic mass is 32.2. The fourth-order valence-corrected chi connectivity index (χ4v) is 4.37. The quantitative estimate of drug-likeness (QED) is 0.549. The van der Waals surface area contributed by atoms with Gasteiger partial charge in [-0.05, 0) is 66.5 Å². The zero-order valence-corrected chi connectivity index (χ0v) is 17.6. The molecule has 10 nitrogen and oxygen atoms in total. The largest absolute Gasteiger partial charge is 0.325 e. The molecule has 1 aromatic carbocycles. The van der Waals surface area contributed by atoms with Crippen LogP contribution in [-0.2, 0) is 9.59 Å². The van der Waals surface area contributed by atoms with Gasteiger partial charge >= 0.3 is 6.03 Å². The van der Waals surface area contributed by atoms with E-state index in [0.29, 0.717) is 35.3 Å².